The quantitative estimate of drug-likeness (QED) is 0.0648. The van der Waals surface area contributed by atoms with Gasteiger partial charge < -0.3 is 93.7 Å². The fraction of sp³-hybridized carbons (Fsp3) is 0.933. The molecule has 0 aromatic carbocycles. The Balaban J connectivity index is 1.31. The average Bonchev–Trinajstić information content (AvgIpc) is 3.38. The molecule has 0 amide bonds. The lowest BCUT2D eigenvalue weighted by atomic mass is 9.81. The van der Waals surface area contributed by atoms with Crippen LogP contribution in [0.25, 0.3) is 0 Å². The molecule has 0 aromatic heterocycles. The fourth-order valence-corrected chi connectivity index (χ4v) is 8.40. The minimum absolute atomic E-state index is 0.0890. The van der Waals surface area contributed by atoms with Crippen LogP contribution in [-0.2, 0) is 38.4 Å². The molecule has 21 nitrogen and oxygen atoms in total. The van der Waals surface area contributed by atoms with Crippen molar-refractivity contribution in [3.63, 3.8) is 0 Å². The summed E-state index contributed by atoms with van der Waals surface area (Å²) in [5.74, 6) is 0.0744. The van der Waals surface area contributed by atoms with Crippen molar-refractivity contribution in [1.82, 2.24) is 10.0 Å². The summed E-state index contributed by atoms with van der Waals surface area (Å²) < 4.78 is 63.7. The van der Waals surface area contributed by atoms with Crippen LogP contribution in [0.4, 0.5) is 0 Å². The molecule has 0 unspecified atom stereocenters. The normalized spacial score (nSPS) is 47.0. The second-order valence-electron chi connectivity index (χ2n) is 14.3. The summed E-state index contributed by atoms with van der Waals surface area (Å²) in [5, 5.41) is 57.2. The van der Waals surface area contributed by atoms with Crippen LogP contribution in [0.3, 0.4) is 0 Å². The number of nitrogens with two attached hydrogens (primary N) is 6. The van der Waals surface area contributed by atoms with Crippen molar-refractivity contribution in [3.8, 4) is 0 Å². The van der Waals surface area contributed by atoms with E-state index in [0.717, 1.165) is 19.4 Å². The highest BCUT2D eigenvalue weighted by Crippen LogP contribution is 2.34. The van der Waals surface area contributed by atoms with Crippen LogP contribution in [0.15, 0.2) is 12.2 Å². The lowest BCUT2D eigenvalue weighted by molar-refractivity contribution is -0.284. The van der Waals surface area contributed by atoms with E-state index in [1.165, 1.54) is 0 Å². The molecule has 0 bridgehead atoms. The van der Waals surface area contributed by atoms with Gasteiger partial charge >= 0.3 is 0 Å². The Labute approximate surface area is 302 Å². The van der Waals surface area contributed by atoms with E-state index in [-0.39, 0.29) is 25.6 Å². The van der Waals surface area contributed by atoms with Gasteiger partial charge in [-0.2, -0.15) is 0 Å². The monoisotopic (exact) mass is 770 g/mol. The first-order chi connectivity index (χ1) is 24.7. The summed E-state index contributed by atoms with van der Waals surface area (Å²) in [6, 6.07) is -3.92. The van der Waals surface area contributed by atoms with Crippen molar-refractivity contribution in [3.05, 3.63) is 12.2 Å². The largest absolute Gasteiger partial charge is 0.394 e. The van der Waals surface area contributed by atoms with Crippen LogP contribution in [0.1, 0.15) is 19.3 Å². The zero-order valence-corrected chi connectivity index (χ0v) is 29.7. The highest BCUT2D eigenvalue weighted by molar-refractivity contribution is 7.89. The van der Waals surface area contributed by atoms with E-state index in [0.29, 0.717) is 12.5 Å². The van der Waals surface area contributed by atoms with E-state index >= 15 is 0 Å². The van der Waals surface area contributed by atoms with Crippen LogP contribution in [0, 0.1) is 5.92 Å². The maximum Gasteiger partial charge on any atom is 0.213 e. The van der Waals surface area contributed by atoms with Gasteiger partial charge in [-0.15, -0.1) is 0 Å². The van der Waals surface area contributed by atoms with E-state index in [1.807, 2.05) is 6.08 Å². The third-order valence-corrected chi connectivity index (χ3v) is 11.7. The molecule has 302 valence electrons. The molecule has 0 aromatic rings. The predicted octanol–water partition coefficient (Wildman–Crippen LogP) is -7.77. The Morgan fingerprint density at radius 3 is 2.08 bits per heavy atom. The van der Waals surface area contributed by atoms with E-state index in [2.05, 4.69) is 10.0 Å². The van der Waals surface area contributed by atoms with Gasteiger partial charge in [0.1, 0.15) is 48.8 Å². The molecule has 3 aliphatic heterocycles. The molecule has 5 aliphatic rings. The van der Waals surface area contributed by atoms with Gasteiger partial charge in [-0.3, -0.25) is 0 Å². The molecular weight excluding hydrogens is 712 g/mol. The summed E-state index contributed by atoms with van der Waals surface area (Å²) in [4.78, 5) is 0. The smallest absolute Gasteiger partial charge is 0.213 e. The predicted molar refractivity (Wildman–Crippen MR) is 182 cm³/mol. The number of hydrogen-bond acceptors (Lipinski definition) is 20. The molecule has 4 fully saturated rings. The van der Waals surface area contributed by atoms with Gasteiger partial charge in [-0.1, -0.05) is 12.2 Å². The average molecular weight is 771 g/mol. The second-order valence-corrected chi connectivity index (χ2v) is 16.2. The Bertz CT molecular complexity index is 1270. The van der Waals surface area contributed by atoms with Crippen molar-refractivity contribution in [2.45, 2.75) is 129 Å². The summed E-state index contributed by atoms with van der Waals surface area (Å²) in [5.41, 5.74) is 36.0. The second kappa shape index (κ2) is 18.3. The number of sulfonamides is 1. The van der Waals surface area contributed by atoms with Gasteiger partial charge in [-0.05, 0) is 31.7 Å². The summed E-state index contributed by atoms with van der Waals surface area (Å²) in [6.45, 7) is 0.199. The van der Waals surface area contributed by atoms with E-state index in [1.54, 1.807) is 6.08 Å². The third-order valence-electron chi connectivity index (χ3n) is 10.3. The summed E-state index contributed by atoms with van der Waals surface area (Å²) >= 11 is 0. The lowest BCUT2D eigenvalue weighted by Crippen LogP contribution is -2.66. The number of nitrogens with one attached hydrogen (secondary N) is 2. The van der Waals surface area contributed by atoms with Gasteiger partial charge in [0.05, 0.1) is 42.7 Å². The highest BCUT2D eigenvalue weighted by Gasteiger charge is 2.54. The van der Waals surface area contributed by atoms with Gasteiger partial charge in [0.2, 0.25) is 10.0 Å². The standard InChI is InChI=1S/C30H58N8O13S/c31-3-4-52(44,45)38-17-7-16(35)25(49-28-15(34)2-1-14(46-28)10-37-9-12-5-13(33)6-12)27(21(17)40)51-30-24(43)26(19(11-39)48-30)50-29-20(36)23(42)22(41)18(8-32)47-29/h1-2,12-30,37-43H,3-11,31-36H2/t12?,13?,14-,15+,16-,17+,18-,19+,20+,21-,22+,23+,24+,25+,26+,27+,28+,29+,30-/m0/s1. The Kier molecular flexibility index (Phi) is 14.8. The van der Waals surface area contributed by atoms with Crippen molar-refractivity contribution < 1.29 is 62.4 Å². The van der Waals surface area contributed by atoms with Crippen LogP contribution in [-0.4, -0.2) is 183 Å². The minimum Gasteiger partial charge on any atom is -0.394 e. The maximum atomic E-state index is 12.7. The van der Waals surface area contributed by atoms with Gasteiger partial charge in [0, 0.05) is 31.7 Å². The number of ether oxygens (including phenoxy) is 6. The lowest BCUT2D eigenvalue weighted by Gasteiger charge is -2.46. The van der Waals surface area contributed by atoms with Crippen molar-refractivity contribution in [1.29, 1.82) is 0 Å². The molecule has 19 N–H and O–H groups in total. The topological polar surface area (TPSA) is 371 Å². The molecule has 0 radical (unpaired) electrons. The first-order valence-electron chi connectivity index (χ1n) is 17.7. The molecule has 2 saturated heterocycles. The summed E-state index contributed by atoms with van der Waals surface area (Å²) in [7, 11) is -3.95. The zero-order valence-electron chi connectivity index (χ0n) is 28.9. The molecule has 22 heteroatoms. The van der Waals surface area contributed by atoms with Gasteiger partial charge in [-0.25, -0.2) is 13.1 Å². The zero-order chi connectivity index (χ0) is 37.9. The maximum absolute atomic E-state index is 12.7. The molecule has 2 saturated carbocycles. The molecule has 5 rings (SSSR count). The van der Waals surface area contributed by atoms with E-state index in [9.17, 15) is 34.0 Å². The third kappa shape index (κ3) is 9.83. The number of hydrogen-bond donors (Lipinski definition) is 13. The Morgan fingerprint density at radius 2 is 1.42 bits per heavy atom. The SMILES string of the molecule is NCCS(=O)(=O)N[C@@H]1C[C@H](N)[C@@H](O[C@H]2O[C@H](CNCC3CC(N)C3)C=C[C@H]2N)[C@H](O[C@@H]2O[C@H](CO)[C@@H](O[C@H]3O[C@@H](CN)[C@@H](O)[C@H](O)[C@H]3N)[C@H]2O)[C@H]1O. The molecular formula is C30H58N8O13S. The fourth-order valence-electron chi connectivity index (χ4n) is 7.27. The highest BCUT2D eigenvalue weighted by atomic mass is 32.2. The minimum atomic E-state index is -3.95. The van der Waals surface area contributed by atoms with Crippen LogP contribution in [0.5, 0.6) is 0 Å². The van der Waals surface area contributed by atoms with Crippen molar-refractivity contribution in [2.75, 3.05) is 38.5 Å². The first-order valence-corrected chi connectivity index (χ1v) is 19.4. The molecule has 3 heterocycles. The van der Waals surface area contributed by atoms with Gasteiger partial charge in [0.25, 0.3) is 0 Å². The van der Waals surface area contributed by atoms with Gasteiger partial charge in [0.15, 0.2) is 18.9 Å². The van der Waals surface area contributed by atoms with Crippen LogP contribution in [0.2, 0.25) is 0 Å². The molecule has 17 atom stereocenters. The Hall–Kier alpha value is -1.07. The van der Waals surface area contributed by atoms with Crippen molar-refractivity contribution in [2.24, 2.45) is 40.3 Å². The number of rotatable bonds is 16. The number of aliphatic hydroxyl groups excluding tert-OH is 5. The number of aliphatic hydroxyl groups is 5. The van der Waals surface area contributed by atoms with Crippen LogP contribution < -0.4 is 44.4 Å². The van der Waals surface area contributed by atoms with E-state index in [4.69, 9.17) is 62.8 Å². The van der Waals surface area contributed by atoms with Crippen molar-refractivity contribution >= 4 is 10.0 Å². The Morgan fingerprint density at radius 1 is 0.750 bits per heavy atom. The molecule has 52 heavy (non-hydrogen) atoms. The molecule has 2 aliphatic carbocycles. The molecule has 0 spiro atoms. The van der Waals surface area contributed by atoms with E-state index < -0.39 is 126 Å². The van der Waals surface area contributed by atoms with Crippen LogP contribution >= 0.6 is 0 Å². The first kappa shape index (κ1) is 42.1. The summed E-state index contributed by atoms with van der Waals surface area (Å²) in [6.07, 6.45) is -11.5.